The molecule has 0 saturated carbocycles. The quantitative estimate of drug-likeness (QED) is 0.747. The molecule has 0 aliphatic carbocycles. The Bertz CT molecular complexity index is 528. The van der Waals surface area contributed by atoms with E-state index in [4.69, 9.17) is 0 Å². The lowest BCUT2D eigenvalue weighted by Gasteiger charge is -2.07. The first kappa shape index (κ1) is 9.47. The minimum Gasteiger partial charge on any atom is -0.316 e. The number of hydrogen-bond acceptors (Lipinski definition) is 4. The second-order valence-electron chi connectivity index (χ2n) is 4.01. The van der Waals surface area contributed by atoms with Crippen LogP contribution >= 0.6 is 0 Å². The van der Waals surface area contributed by atoms with Gasteiger partial charge >= 0.3 is 0 Å². The van der Waals surface area contributed by atoms with Gasteiger partial charge in [0.05, 0.1) is 5.69 Å². The van der Waals surface area contributed by atoms with Crippen molar-refractivity contribution in [1.82, 2.24) is 19.9 Å². The summed E-state index contributed by atoms with van der Waals surface area (Å²) in [5.41, 5.74) is 1.36. The van der Waals surface area contributed by atoms with Crippen molar-refractivity contribution >= 4 is 11.9 Å². The Labute approximate surface area is 92.5 Å². The van der Waals surface area contributed by atoms with E-state index < -0.39 is 0 Å². The SMILES string of the molecule is O=Cc1cccc2nnc(C3CCNC3)n12. The lowest BCUT2D eigenvalue weighted by molar-refractivity contribution is 0.111. The highest BCUT2D eigenvalue weighted by Gasteiger charge is 2.22. The number of aldehydes is 1. The molecule has 1 atom stereocenters. The first-order valence-corrected chi connectivity index (χ1v) is 5.40. The molecule has 0 radical (unpaired) electrons. The molecule has 2 aromatic heterocycles. The Balaban J connectivity index is 2.20. The maximum atomic E-state index is 11.0. The van der Waals surface area contributed by atoms with Gasteiger partial charge in [-0.25, -0.2) is 0 Å². The van der Waals surface area contributed by atoms with E-state index in [1.807, 2.05) is 16.5 Å². The normalized spacial score (nSPS) is 20.4. The molecule has 1 saturated heterocycles. The van der Waals surface area contributed by atoms with Crippen molar-refractivity contribution in [2.45, 2.75) is 12.3 Å². The molecule has 82 valence electrons. The average Bonchev–Trinajstić information content (AvgIpc) is 2.96. The minimum absolute atomic E-state index is 0.357. The maximum Gasteiger partial charge on any atom is 0.166 e. The zero-order valence-corrected chi connectivity index (χ0v) is 8.76. The van der Waals surface area contributed by atoms with Gasteiger partial charge in [0, 0.05) is 12.5 Å². The van der Waals surface area contributed by atoms with Crippen LogP contribution in [0, 0.1) is 0 Å². The van der Waals surface area contributed by atoms with E-state index in [0.717, 1.165) is 37.3 Å². The molecule has 0 spiro atoms. The maximum absolute atomic E-state index is 11.0. The van der Waals surface area contributed by atoms with E-state index >= 15 is 0 Å². The second kappa shape index (κ2) is 3.68. The van der Waals surface area contributed by atoms with E-state index in [1.54, 1.807) is 6.07 Å². The Morgan fingerprint density at radius 2 is 2.38 bits per heavy atom. The summed E-state index contributed by atoms with van der Waals surface area (Å²) < 4.78 is 1.85. The van der Waals surface area contributed by atoms with Crippen LogP contribution in [0.15, 0.2) is 18.2 Å². The second-order valence-corrected chi connectivity index (χ2v) is 4.01. The molecule has 16 heavy (non-hydrogen) atoms. The Morgan fingerprint density at radius 3 is 3.12 bits per heavy atom. The third-order valence-electron chi connectivity index (χ3n) is 3.03. The van der Waals surface area contributed by atoms with E-state index in [9.17, 15) is 4.79 Å². The Morgan fingerprint density at radius 1 is 1.44 bits per heavy atom. The Hall–Kier alpha value is -1.75. The fourth-order valence-electron chi connectivity index (χ4n) is 2.22. The number of carbonyl (C=O) groups excluding carboxylic acids is 1. The molecule has 1 N–H and O–H groups in total. The van der Waals surface area contributed by atoms with Crippen molar-refractivity contribution in [2.24, 2.45) is 0 Å². The molecule has 0 bridgehead atoms. The first-order chi connectivity index (χ1) is 7.90. The van der Waals surface area contributed by atoms with Gasteiger partial charge < -0.3 is 5.32 Å². The van der Waals surface area contributed by atoms with Gasteiger partial charge in [-0.05, 0) is 25.1 Å². The highest BCUT2D eigenvalue weighted by atomic mass is 16.1. The summed E-state index contributed by atoms with van der Waals surface area (Å²) in [6.45, 7) is 1.91. The summed E-state index contributed by atoms with van der Waals surface area (Å²) in [6.07, 6.45) is 1.90. The van der Waals surface area contributed by atoms with Crippen LogP contribution in [0.25, 0.3) is 5.65 Å². The van der Waals surface area contributed by atoms with E-state index in [0.29, 0.717) is 11.6 Å². The van der Waals surface area contributed by atoms with Crippen LogP contribution in [-0.2, 0) is 0 Å². The standard InChI is InChI=1S/C11H12N4O/c16-7-9-2-1-3-10-13-14-11(15(9)10)8-4-5-12-6-8/h1-3,7-8,12H,4-6H2. The number of pyridine rings is 1. The zero-order valence-electron chi connectivity index (χ0n) is 8.76. The molecular weight excluding hydrogens is 204 g/mol. The van der Waals surface area contributed by atoms with Gasteiger partial charge in [-0.15, -0.1) is 10.2 Å². The summed E-state index contributed by atoms with van der Waals surface area (Å²) in [5, 5.41) is 11.6. The number of carbonyl (C=O) groups is 1. The van der Waals surface area contributed by atoms with E-state index in [2.05, 4.69) is 15.5 Å². The highest BCUT2D eigenvalue weighted by Crippen LogP contribution is 2.21. The molecule has 3 heterocycles. The van der Waals surface area contributed by atoms with Gasteiger partial charge in [-0.2, -0.15) is 0 Å². The molecule has 5 nitrogen and oxygen atoms in total. The van der Waals surface area contributed by atoms with Gasteiger partial charge in [-0.1, -0.05) is 6.07 Å². The molecule has 1 fully saturated rings. The van der Waals surface area contributed by atoms with Crippen molar-refractivity contribution in [2.75, 3.05) is 13.1 Å². The monoisotopic (exact) mass is 216 g/mol. The first-order valence-electron chi connectivity index (χ1n) is 5.40. The zero-order chi connectivity index (χ0) is 11.0. The van der Waals surface area contributed by atoms with Crippen LogP contribution < -0.4 is 5.32 Å². The minimum atomic E-state index is 0.357. The van der Waals surface area contributed by atoms with Crippen molar-refractivity contribution in [3.8, 4) is 0 Å². The predicted molar refractivity (Wildman–Crippen MR) is 58.6 cm³/mol. The molecule has 3 rings (SSSR count). The van der Waals surface area contributed by atoms with Gasteiger partial charge in [0.1, 0.15) is 5.82 Å². The molecular formula is C11H12N4O. The van der Waals surface area contributed by atoms with E-state index in [1.165, 1.54) is 0 Å². The summed E-state index contributed by atoms with van der Waals surface area (Å²) >= 11 is 0. The van der Waals surface area contributed by atoms with Crippen LogP contribution in [-0.4, -0.2) is 34.0 Å². The number of nitrogens with zero attached hydrogens (tertiary/aromatic N) is 3. The molecule has 1 aliphatic rings. The van der Waals surface area contributed by atoms with Crippen LogP contribution in [0.5, 0.6) is 0 Å². The van der Waals surface area contributed by atoms with Crippen LogP contribution in [0.2, 0.25) is 0 Å². The highest BCUT2D eigenvalue weighted by molar-refractivity contribution is 5.74. The van der Waals surface area contributed by atoms with Crippen LogP contribution in [0.1, 0.15) is 28.7 Å². The Kier molecular flexibility index (Phi) is 2.18. The summed E-state index contributed by atoms with van der Waals surface area (Å²) in [7, 11) is 0. The molecule has 1 unspecified atom stereocenters. The van der Waals surface area contributed by atoms with Crippen LogP contribution in [0.3, 0.4) is 0 Å². The number of hydrogen-bond donors (Lipinski definition) is 1. The van der Waals surface area contributed by atoms with Gasteiger partial charge in [-0.3, -0.25) is 9.20 Å². The lowest BCUT2D eigenvalue weighted by atomic mass is 10.1. The fraction of sp³-hybridized carbons (Fsp3) is 0.364. The third kappa shape index (κ3) is 1.32. The summed E-state index contributed by atoms with van der Waals surface area (Å²) in [6, 6.07) is 5.48. The van der Waals surface area contributed by atoms with Gasteiger partial charge in [0.2, 0.25) is 0 Å². The smallest absolute Gasteiger partial charge is 0.166 e. The number of nitrogens with one attached hydrogen (secondary N) is 1. The van der Waals surface area contributed by atoms with Gasteiger partial charge in [0.25, 0.3) is 0 Å². The van der Waals surface area contributed by atoms with Crippen molar-refractivity contribution in [1.29, 1.82) is 0 Å². The summed E-state index contributed by atoms with van der Waals surface area (Å²) in [4.78, 5) is 11.0. The lowest BCUT2D eigenvalue weighted by Crippen LogP contribution is -2.11. The van der Waals surface area contributed by atoms with Crippen molar-refractivity contribution in [3.05, 3.63) is 29.7 Å². The predicted octanol–water partition coefficient (Wildman–Crippen LogP) is 0.619. The van der Waals surface area contributed by atoms with Crippen molar-refractivity contribution in [3.63, 3.8) is 0 Å². The number of aromatic nitrogens is 3. The van der Waals surface area contributed by atoms with Crippen molar-refractivity contribution < 1.29 is 4.79 Å². The average molecular weight is 216 g/mol. The molecule has 1 aliphatic heterocycles. The third-order valence-corrected chi connectivity index (χ3v) is 3.03. The number of rotatable bonds is 2. The number of fused-ring (bicyclic) bond motifs is 1. The molecule has 5 heteroatoms. The van der Waals surface area contributed by atoms with Gasteiger partial charge in [0.15, 0.2) is 11.9 Å². The summed E-state index contributed by atoms with van der Waals surface area (Å²) in [5.74, 6) is 1.25. The largest absolute Gasteiger partial charge is 0.316 e. The van der Waals surface area contributed by atoms with E-state index in [-0.39, 0.29) is 0 Å². The molecule has 0 aromatic carbocycles. The molecule has 0 amide bonds. The molecule has 2 aromatic rings. The fourth-order valence-corrected chi connectivity index (χ4v) is 2.22. The van der Waals surface area contributed by atoms with Crippen LogP contribution in [0.4, 0.5) is 0 Å². The topological polar surface area (TPSA) is 59.3 Å².